The van der Waals surface area contributed by atoms with Crippen molar-refractivity contribution in [3.05, 3.63) is 35.4 Å². The maximum Gasteiger partial charge on any atom is 0.337 e. The summed E-state index contributed by atoms with van der Waals surface area (Å²) in [5, 5.41) is 0. The van der Waals surface area contributed by atoms with E-state index in [0.717, 1.165) is 31.2 Å². The zero-order valence-electron chi connectivity index (χ0n) is 13.4. The first-order chi connectivity index (χ1) is 9.98. The van der Waals surface area contributed by atoms with E-state index in [2.05, 4.69) is 22.8 Å². The molecule has 0 aromatic heterocycles. The predicted octanol–water partition coefficient (Wildman–Crippen LogP) is 3.52. The Morgan fingerprint density at radius 2 is 1.95 bits per heavy atom. The lowest BCUT2D eigenvalue weighted by Gasteiger charge is -2.21. The fraction of sp³-hybridized carbons (Fsp3) is 0.500. The van der Waals surface area contributed by atoms with Crippen LogP contribution in [-0.4, -0.2) is 40.8 Å². The minimum atomic E-state index is -1.48. The maximum atomic E-state index is 11.3. The molecule has 4 nitrogen and oxygen atoms in total. The molecule has 0 unspecified atom stereocenters. The average molecular weight is 307 g/mol. The van der Waals surface area contributed by atoms with Crippen molar-refractivity contribution in [1.29, 1.82) is 0 Å². The van der Waals surface area contributed by atoms with Crippen LogP contribution in [0.5, 0.6) is 0 Å². The van der Waals surface area contributed by atoms with Gasteiger partial charge in [0.05, 0.1) is 12.7 Å². The molecule has 0 heterocycles. The minimum Gasteiger partial charge on any atom is -0.465 e. The molecular formula is C16H25NO3Si. The number of rotatable bonds is 8. The Morgan fingerprint density at radius 3 is 2.52 bits per heavy atom. The molecule has 0 N–H and O–H groups in total. The molecule has 0 aliphatic heterocycles. The molecule has 0 amide bonds. The number of benzene rings is 1. The second-order valence-electron chi connectivity index (χ2n) is 5.45. The number of aliphatic imine (C=N–C) groups is 1. The molecule has 0 spiro atoms. The molecule has 21 heavy (non-hydrogen) atoms. The summed E-state index contributed by atoms with van der Waals surface area (Å²) in [4.78, 5) is 15.7. The number of nitrogens with zero attached hydrogens (tertiary/aromatic N) is 1. The first-order valence-corrected chi connectivity index (χ1v) is 10.4. The summed E-state index contributed by atoms with van der Waals surface area (Å²) in [5.74, 6) is -0.318. The summed E-state index contributed by atoms with van der Waals surface area (Å²) in [6.45, 7) is 8.14. The maximum absolute atomic E-state index is 11.3. The second-order valence-corrected chi connectivity index (χ2v) is 9.75. The summed E-state index contributed by atoms with van der Waals surface area (Å²) < 4.78 is 10.4. The van der Waals surface area contributed by atoms with Crippen LogP contribution in [0.3, 0.4) is 0 Å². The van der Waals surface area contributed by atoms with Crippen molar-refractivity contribution in [2.24, 2.45) is 4.99 Å². The Balaban J connectivity index is 2.38. The van der Waals surface area contributed by atoms with Crippen molar-refractivity contribution >= 4 is 20.5 Å². The number of methoxy groups -OCH3 is 1. The van der Waals surface area contributed by atoms with E-state index in [-0.39, 0.29) is 5.97 Å². The lowest BCUT2D eigenvalue weighted by Crippen LogP contribution is -2.30. The van der Waals surface area contributed by atoms with Crippen LogP contribution in [0.1, 0.15) is 29.3 Å². The fourth-order valence-electron chi connectivity index (χ4n) is 2.05. The number of carbonyl (C=O) groups excluding carboxylic acids is 1. The third-order valence-electron chi connectivity index (χ3n) is 3.17. The van der Waals surface area contributed by atoms with Crippen LogP contribution in [0.2, 0.25) is 19.1 Å². The Labute approximate surface area is 128 Å². The van der Waals surface area contributed by atoms with Gasteiger partial charge in [-0.05, 0) is 50.2 Å². The molecular weight excluding hydrogens is 282 g/mol. The molecule has 0 bridgehead atoms. The Kier molecular flexibility index (Phi) is 7.32. The van der Waals surface area contributed by atoms with Gasteiger partial charge in [-0.25, -0.2) is 4.79 Å². The van der Waals surface area contributed by atoms with Gasteiger partial charge in [0.1, 0.15) is 0 Å². The molecule has 0 radical (unpaired) electrons. The molecule has 5 heteroatoms. The van der Waals surface area contributed by atoms with E-state index in [9.17, 15) is 4.79 Å². The first kappa shape index (κ1) is 17.6. The normalized spacial score (nSPS) is 11.8. The summed E-state index contributed by atoms with van der Waals surface area (Å²) >= 11 is 0. The lowest BCUT2D eigenvalue weighted by molar-refractivity contribution is 0.0600. The third kappa shape index (κ3) is 6.69. The first-order valence-electron chi connectivity index (χ1n) is 7.30. The fourth-order valence-corrected chi connectivity index (χ4v) is 3.99. The molecule has 1 rings (SSSR count). The highest BCUT2D eigenvalue weighted by atomic mass is 28.4. The number of carbonyl (C=O) groups is 1. The van der Waals surface area contributed by atoms with Crippen molar-refractivity contribution < 1.29 is 14.0 Å². The van der Waals surface area contributed by atoms with Gasteiger partial charge in [0.2, 0.25) is 0 Å². The van der Waals surface area contributed by atoms with Crippen LogP contribution in [0, 0.1) is 0 Å². The highest BCUT2D eigenvalue weighted by Crippen LogP contribution is 2.13. The SMILES string of the molecule is CCO[Si](C)(C)CCC/N=C/c1ccc(C(=O)OC)cc1. The quantitative estimate of drug-likeness (QED) is 0.319. The van der Waals surface area contributed by atoms with E-state index in [4.69, 9.17) is 4.43 Å². The highest BCUT2D eigenvalue weighted by molar-refractivity contribution is 6.71. The van der Waals surface area contributed by atoms with Crippen LogP contribution >= 0.6 is 0 Å². The third-order valence-corrected chi connectivity index (χ3v) is 5.80. The second kappa shape index (κ2) is 8.74. The Bertz CT molecular complexity index is 469. The van der Waals surface area contributed by atoms with Crippen LogP contribution in [0.4, 0.5) is 0 Å². The van der Waals surface area contributed by atoms with E-state index in [1.807, 2.05) is 25.3 Å². The molecule has 0 aliphatic carbocycles. The summed E-state index contributed by atoms with van der Waals surface area (Å²) in [6, 6.07) is 8.36. The van der Waals surface area contributed by atoms with Crippen LogP contribution in [0.25, 0.3) is 0 Å². The van der Waals surface area contributed by atoms with Gasteiger partial charge in [0.25, 0.3) is 0 Å². The average Bonchev–Trinajstić information content (AvgIpc) is 2.46. The van der Waals surface area contributed by atoms with Crippen molar-refractivity contribution in [1.82, 2.24) is 0 Å². The molecule has 0 fully saturated rings. The zero-order chi connectivity index (χ0) is 15.7. The summed E-state index contributed by atoms with van der Waals surface area (Å²) in [7, 11) is -0.102. The molecule has 0 saturated carbocycles. The van der Waals surface area contributed by atoms with Crippen LogP contribution in [0.15, 0.2) is 29.3 Å². The number of esters is 1. The van der Waals surface area contributed by atoms with Gasteiger partial charge in [0.15, 0.2) is 8.32 Å². The minimum absolute atomic E-state index is 0.318. The van der Waals surface area contributed by atoms with Crippen LogP contribution in [-0.2, 0) is 9.16 Å². The molecule has 0 atom stereocenters. The van der Waals surface area contributed by atoms with Crippen LogP contribution < -0.4 is 0 Å². The number of hydrogen-bond acceptors (Lipinski definition) is 4. The summed E-state index contributed by atoms with van der Waals surface area (Å²) in [6.07, 6.45) is 2.90. The van der Waals surface area contributed by atoms with Gasteiger partial charge in [-0.1, -0.05) is 12.1 Å². The zero-order valence-corrected chi connectivity index (χ0v) is 14.4. The van der Waals surface area contributed by atoms with Crippen molar-refractivity contribution in [3.63, 3.8) is 0 Å². The van der Waals surface area contributed by atoms with Gasteiger partial charge in [-0.15, -0.1) is 0 Å². The Morgan fingerprint density at radius 1 is 1.29 bits per heavy atom. The molecule has 0 saturated heterocycles. The summed E-state index contributed by atoms with van der Waals surface area (Å²) in [5.41, 5.74) is 1.54. The standard InChI is InChI=1S/C16H25NO3Si/c1-5-20-21(3,4)12-6-11-17-13-14-7-9-15(10-8-14)16(18)19-2/h7-10,13H,5-6,11-12H2,1-4H3/b17-13+. The van der Waals surface area contributed by atoms with E-state index >= 15 is 0 Å². The molecule has 1 aromatic carbocycles. The Hall–Kier alpha value is -1.46. The number of hydrogen-bond donors (Lipinski definition) is 0. The highest BCUT2D eigenvalue weighted by Gasteiger charge is 2.20. The van der Waals surface area contributed by atoms with E-state index in [1.165, 1.54) is 7.11 Å². The lowest BCUT2D eigenvalue weighted by atomic mass is 10.1. The van der Waals surface area contributed by atoms with Gasteiger partial charge < -0.3 is 9.16 Å². The topological polar surface area (TPSA) is 47.9 Å². The van der Waals surface area contributed by atoms with Crippen molar-refractivity contribution in [2.75, 3.05) is 20.3 Å². The largest absolute Gasteiger partial charge is 0.465 e. The monoisotopic (exact) mass is 307 g/mol. The predicted molar refractivity (Wildman–Crippen MR) is 88.8 cm³/mol. The molecule has 116 valence electrons. The van der Waals surface area contributed by atoms with Gasteiger partial charge in [-0.2, -0.15) is 0 Å². The molecule has 0 aliphatic rings. The van der Waals surface area contributed by atoms with Gasteiger partial charge in [0, 0.05) is 19.4 Å². The van der Waals surface area contributed by atoms with Gasteiger partial charge in [-0.3, -0.25) is 4.99 Å². The molecule has 1 aromatic rings. The van der Waals surface area contributed by atoms with Crippen molar-refractivity contribution in [2.45, 2.75) is 32.5 Å². The van der Waals surface area contributed by atoms with Crippen molar-refractivity contribution in [3.8, 4) is 0 Å². The number of ether oxygens (including phenoxy) is 1. The van der Waals surface area contributed by atoms with E-state index < -0.39 is 8.32 Å². The van der Waals surface area contributed by atoms with E-state index in [1.54, 1.807) is 12.1 Å². The van der Waals surface area contributed by atoms with Gasteiger partial charge >= 0.3 is 5.97 Å². The smallest absolute Gasteiger partial charge is 0.337 e. The van der Waals surface area contributed by atoms with E-state index in [0.29, 0.717) is 5.56 Å².